The minimum atomic E-state index is -0.357. The number of aliphatic hydroxyl groups excluding tert-OH is 1. The van der Waals surface area contributed by atoms with Crippen LogP contribution in [0, 0.1) is 5.92 Å². The number of likely N-dealkylation sites (tertiary alicyclic amines) is 1. The Bertz CT molecular complexity index is 338. The number of nitrogens with zero attached hydrogens (tertiary/aromatic N) is 1. The molecule has 1 fully saturated rings. The van der Waals surface area contributed by atoms with Crippen molar-refractivity contribution in [3.63, 3.8) is 0 Å². The number of piperidine rings is 1. The summed E-state index contributed by atoms with van der Waals surface area (Å²) in [5.74, 6) is 0.742. The summed E-state index contributed by atoms with van der Waals surface area (Å²) in [5, 5.41) is 10.2. The van der Waals surface area contributed by atoms with Gasteiger partial charge in [0.25, 0.3) is 0 Å². The van der Waals surface area contributed by atoms with E-state index in [2.05, 4.69) is 18.7 Å². The molecule has 0 amide bonds. The van der Waals surface area contributed by atoms with E-state index in [4.69, 9.17) is 0 Å². The van der Waals surface area contributed by atoms with Gasteiger partial charge in [-0.05, 0) is 37.8 Å². The van der Waals surface area contributed by atoms with E-state index >= 15 is 0 Å². The molecule has 1 aromatic carbocycles. The molecule has 0 spiro atoms. The third-order valence-electron chi connectivity index (χ3n) is 4.10. The Morgan fingerprint density at radius 1 is 1.29 bits per heavy atom. The molecule has 3 unspecified atom stereocenters. The summed E-state index contributed by atoms with van der Waals surface area (Å²) < 4.78 is 0. The first-order valence-electron chi connectivity index (χ1n) is 6.65. The third-order valence-corrected chi connectivity index (χ3v) is 4.10. The molecule has 3 atom stereocenters. The molecule has 1 aliphatic rings. The maximum Gasteiger partial charge on any atom is 0.0917 e. The largest absolute Gasteiger partial charge is 0.387 e. The minimum absolute atomic E-state index is 0.357. The molecule has 94 valence electrons. The lowest BCUT2D eigenvalue weighted by atomic mass is 9.91. The van der Waals surface area contributed by atoms with E-state index in [1.165, 1.54) is 12.8 Å². The molecule has 2 heteroatoms. The lowest BCUT2D eigenvalue weighted by Crippen LogP contribution is -2.44. The second-order valence-electron chi connectivity index (χ2n) is 5.28. The zero-order valence-corrected chi connectivity index (χ0v) is 10.8. The van der Waals surface area contributed by atoms with Crippen molar-refractivity contribution < 1.29 is 5.11 Å². The van der Waals surface area contributed by atoms with E-state index in [0.717, 1.165) is 24.6 Å². The number of rotatable bonds is 3. The number of hydrogen-bond donors (Lipinski definition) is 1. The van der Waals surface area contributed by atoms with Gasteiger partial charge < -0.3 is 5.11 Å². The monoisotopic (exact) mass is 233 g/mol. The van der Waals surface area contributed by atoms with Crippen molar-refractivity contribution in [1.82, 2.24) is 4.90 Å². The minimum Gasteiger partial charge on any atom is -0.387 e. The van der Waals surface area contributed by atoms with Crippen LogP contribution >= 0.6 is 0 Å². The second kappa shape index (κ2) is 5.65. The second-order valence-corrected chi connectivity index (χ2v) is 5.28. The van der Waals surface area contributed by atoms with Crippen LogP contribution in [0.3, 0.4) is 0 Å². The average molecular weight is 233 g/mol. The third kappa shape index (κ3) is 3.08. The van der Waals surface area contributed by atoms with Crippen LogP contribution in [-0.4, -0.2) is 29.1 Å². The molecule has 0 bridgehead atoms. The van der Waals surface area contributed by atoms with Crippen molar-refractivity contribution in [2.24, 2.45) is 5.92 Å². The van der Waals surface area contributed by atoms with Gasteiger partial charge in [0.15, 0.2) is 0 Å². The maximum atomic E-state index is 10.2. The Balaban J connectivity index is 1.96. The first-order chi connectivity index (χ1) is 8.18. The number of hydrogen-bond acceptors (Lipinski definition) is 2. The van der Waals surface area contributed by atoms with Crippen LogP contribution in [0.4, 0.5) is 0 Å². The summed E-state index contributed by atoms with van der Waals surface area (Å²) in [6.07, 6.45) is 2.22. The Hall–Kier alpha value is -0.860. The first kappa shape index (κ1) is 12.6. The fourth-order valence-corrected chi connectivity index (χ4v) is 2.68. The molecule has 1 saturated heterocycles. The van der Waals surface area contributed by atoms with Crippen LogP contribution in [0.2, 0.25) is 0 Å². The van der Waals surface area contributed by atoms with Crippen molar-refractivity contribution in [2.45, 2.75) is 38.8 Å². The smallest absolute Gasteiger partial charge is 0.0917 e. The molecule has 0 saturated carbocycles. The van der Waals surface area contributed by atoms with Crippen molar-refractivity contribution in [2.75, 3.05) is 13.1 Å². The Labute approximate surface area is 104 Å². The lowest BCUT2D eigenvalue weighted by Gasteiger charge is -2.38. The molecule has 0 aromatic heterocycles. The van der Waals surface area contributed by atoms with Gasteiger partial charge in [0.1, 0.15) is 0 Å². The van der Waals surface area contributed by atoms with E-state index in [0.29, 0.717) is 6.04 Å². The molecule has 0 aliphatic carbocycles. The molecular weight excluding hydrogens is 210 g/mol. The molecule has 17 heavy (non-hydrogen) atoms. The molecular formula is C15H23NO. The zero-order chi connectivity index (χ0) is 12.3. The van der Waals surface area contributed by atoms with E-state index in [1.54, 1.807) is 0 Å². The van der Waals surface area contributed by atoms with E-state index < -0.39 is 0 Å². The van der Waals surface area contributed by atoms with Gasteiger partial charge in [-0.1, -0.05) is 37.3 Å². The molecule has 1 aliphatic heterocycles. The summed E-state index contributed by atoms with van der Waals surface area (Å²) in [4.78, 5) is 2.42. The quantitative estimate of drug-likeness (QED) is 0.867. The summed E-state index contributed by atoms with van der Waals surface area (Å²) in [5.41, 5.74) is 1.03. The number of β-amino-alcohol motifs (C(OH)–C–C–N with tert-alkyl or cyclic N) is 1. The van der Waals surface area contributed by atoms with Crippen LogP contribution in [-0.2, 0) is 0 Å². The molecule has 1 N–H and O–H groups in total. The highest BCUT2D eigenvalue weighted by molar-refractivity contribution is 5.17. The van der Waals surface area contributed by atoms with Crippen LogP contribution in [0.1, 0.15) is 38.4 Å². The summed E-state index contributed by atoms with van der Waals surface area (Å²) in [6.45, 7) is 6.47. The molecule has 1 heterocycles. The number of benzene rings is 1. The molecule has 2 rings (SSSR count). The average Bonchev–Trinajstić information content (AvgIpc) is 2.36. The van der Waals surface area contributed by atoms with Crippen molar-refractivity contribution >= 4 is 0 Å². The summed E-state index contributed by atoms with van der Waals surface area (Å²) in [6, 6.07) is 10.6. The van der Waals surface area contributed by atoms with Crippen LogP contribution in [0.25, 0.3) is 0 Å². The van der Waals surface area contributed by atoms with Gasteiger partial charge in [-0.15, -0.1) is 0 Å². The van der Waals surface area contributed by atoms with E-state index in [1.807, 2.05) is 30.3 Å². The summed E-state index contributed by atoms with van der Waals surface area (Å²) >= 11 is 0. The SMILES string of the molecule is CC1CCCN(CC(O)c2ccccc2)C1C. The van der Waals surface area contributed by atoms with Gasteiger partial charge in [-0.2, -0.15) is 0 Å². The van der Waals surface area contributed by atoms with Gasteiger partial charge in [-0.25, -0.2) is 0 Å². The highest BCUT2D eigenvalue weighted by atomic mass is 16.3. The van der Waals surface area contributed by atoms with Crippen LogP contribution in [0.15, 0.2) is 30.3 Å². The topological polar surface area (TPSA) is 23.5 Å². The maximum absolute atomic E-state index is 10.2. The fraction of sp³-hybridized carbons (Fsp3) is 0.600. The van der Waals surface area contributed by atoms with E-state index in [-0.39, 0.29) is 6.10 Å². The van der Waals surface area contributed by atoms with Gasteiger partial charge in [0.2, 0.25) is 0 Å². The Kier molecular flexibility index (Phi) is 4.19. The van der Waals surface area contributed by atoms with Crippen molar-refractivity contribution in [1.29, 1.82) is 0 Å². The highest BCUT2D eigenvalue weighted by Crippen LogP contribution is 2.25. The normalized spacial score (nSPS) is 27.9. The zero-order valence-electron chi connectivity index (χ0n) is 10.8. The van der Waals surface area contributed by atoms with Gasteiger partial charge >= 0.3 is 0 Å². The standard InChI is InChI=1S/C15H23NO/c1-12-7-6-10-16(13(12)2)11-15(17)14-8-4-3-5-9-14/h3-5,8-9,12-13,15,17H,6-7,10-11H2,1-2H3. The lowest BCUT2D eigenvalue weighted by molar-refractivity contribution is 0.0513. The molecule has 0 radical (unpaired) electrons. The highest BCUT2D eigenvalue weighted by Gasteiger charge is 2.26. The van der Waals surface area contributed by atoms with Gasteiger partial charge in [0.05, 0.1) is 6.10 Å². The molecule has 2 nitrogen and oxygen atoms in total. The van der Waals surface area contributed by atoms with Crippen molar-refractivity contribution in [3.8, 4) is 0 Å². The molecule has 1 aromatic rings. The Morgan fingerprint density at radius 2 is 2.00 bits per heavy atom. The van der Waals surface area contributed by atoms with Gasteiger partial charge in [-0.3, -0.25) is 4.90 Å². The number of aliphatic hydroxyl groups is 1. The first-order valence-corrected chi connectivity index (χ1v) is 6.65. The predicted molar refractivity (Wildman–Crippen MR) is 70.8 cm³/mol. The fourth-order valence-electron chi connectivity index (χ4n) is 2.68. The van der Waals surface area contributed by atoms with Crippen molar-refractivity contribution in [3.05, 3.63) is 35.9 Å². The van der Waals surface area contributed by atoms with Crippen LogP contribution < -0.4 is 0 Å². The van der Waals surface area contributed by atoms with E-state index in [9.17, 15) is 5.11 Å². The summed E-state index contributed by atoms with van der Waals surface area (Å²) in [7, 11) is 0. The van der Waals surface area contributed by atoms with Gasteiger partial charge in [0, 0.05) is 12.6 Å². The van der Waals surface area contributed by atoms with Crippen LogP contribution in [0.5, 0.6) is 0 Å². The Morgan fingerprint density at radius 3 is 2.71 bits per heavy atom. The predicted octanol–water partition coefficient (Wildman–Crippen LogP) is 2.84.